The summed E-state index contributed by atoms with van der Waals surface area (Å²) in [5.41, 5.74) is 4.45. The van der Waals surface area contributed by atoms with Crippen molar-refractivity contribution < 1.29 is 19.0 Å². The van der Waals surface area contributed by atoms with Gasteiger partial charge in [-0.15, -0.1) is 0 Å². The zero-order valence-electron chi connectivity index (χ0n) is 17.6. The molecule has 0 aliphatic carbocycles. The number of hydrogen-bond donors (Lipinski definition) is 0. The zero-order valence-corrected chi connectivity index (χ0v) is 17.6. The van der Waals surface area contributed by atoms with Crippen molar-refractivity contribution >= 4 is 17.8 Å². The van der Waals surface area contributed by atoms with E-state index in [-0.39, 0.29) is 5.97 Å². The lowest BCUT2D eigenvalue weighted by Gasteiger charge is -2.13. The van der Waals surface area contributed by atoms with Crippen LogP contribution in [0.1, 0.15) is 29.2 Å². The van der Waals surface area contributed by atoms with E-state index < -0.39 is 0 Å². The topological polar surface area (TPSA) is 44.8 Å². The minimum absolute atomic E-state index is 0.363. The Labute approximate surface area is 182 Å². The van der Waals surface area contributed by atoms with Gasteiger partial charge in [0.15, 0.2) is 11.5 Å². The maximum absolute atomic E-state index is 12.4. The van der Waals surface area contributed by atoms with Crippen molar-refractivity contribution in [1.29, 1.82) is 0 Å². The van der Waals surface area contributed by atoms with Crippen LogP contribution in [0.2, 0.25) is 0 Å². The fraction of sp³-hybridized carbons (Fsp3) is 0.148. The van der Waals surface area contributed by atoms with Crippen LogP contribution in [-0.2, 0) is 16.1 Å². The molecule has 0 aromatic heterocycles. The summed E-state index contributed by atoms with van der Waals surface area (Å²) in [4.78, 5) is 12.4. The third kappa shape index (κ3) is 5.04. The number of hydrogen-bond acceptors (Lipinski definition) is 4. The highest BCUT2D eigenvalue weighted by Crippen LogP contribution is 2.32. The highest BCUT2D eigenvalue weighted by molar-refractivity contribution is 6.05. The van der Waals surface area contributed by atoms with Crippen molar-refractivity contribution in [3.63, 3.8) is 0 Å². The summed E-state index contributed by atoms with van der Waals surface area (Å²) in [6.07, 6.45) is 3.57. The van der Waals surface area contributed by atoms with Gasteiger partial charge in [0.25, 0.3) is 0 Å². The van der Waals surface area contributed by atoms with E-state index >= 15 is 0 Å². The van der Waals surface area contributed by atoms with E-state index in [1.165, 1.54) is 0 Å². The van der Waals surface area contributed by atoms with Gasteiger partial charge in [-0.05, 0) is 49.3 Å². The Hall–Kier alpha value is -3.79. The third-order valence-corrected chi connectivity index (χ3v) is 4.89. The first kappa shape index (κ1) is 20.5. The maximum atomic E-state index is 12.4. The van der Waals surface area contributed by atoms with E-state index in [0.717, 1.165) is 22.3 Å². The second kappa shape index (κ2) is 9.35. The number of ether oxygens (including phenoxy) is 3. The fourth-order valence-electron chi connectivity index (χ4n) is 3.27. The number of carbonyl (C=O) groups excluding carboxylic acids is 1. The first-order chi connectivity index (χ1) is 15.1. The first-order valence-electron chi connectivity index (χ1n) is 10.3. The summed E-state index contributed by atoms with van der Waals surface area (Å²) in [5, 5.41) is 0. The fourth-order valence-corrected chi connectivity index (χ4v) is 3.27. The van der Waals surface area contributed by atoms with E-state index in [1.54, 1.807) is 12.2 Å². The number of cyclic esters (lactones) is 1. The summed E-state index contributed by atoms with van der Waals surface area (Å²) < 4.78 is 17.2. The highest BCUT2D eigenvalue weighted by atomic mass is 16.5. The van der Waals surface area contributed by atoms with Crippen molar-refractivity contribution in [2.24, 2.45) is 0 Å². The molecule has 0 bridgehead atoms. The van der Waals surface area contributed by atoms with Crippen molar-refractivity contribution in [2.75, 3.05) is 6.61 Å². The lowest BCUT2D eigenvalue weighted by Crippen LogP contribution is -2.00. The molecule has 3 aromatic carbocycles. The Morgan fingerprint density at radius 3 is 2.42 bits per heavy atom. The molecule has 0 unspecified atom stereocenters. The van der Waals surface area contributed by atoms with Crippen LogP contribution in [0.5, 0.6) is 11.5 Å². The molecule has 31 heavy (non-hydrogen) atoms. The van der Waals surface area contributed by atoms with Crippen LogP contribution in [0, 0.1) is 6.92 Å². The predicted octanol–water partition coefficient (Wildman–Crippen LogP) is 5.95. The molecule has 0 saturated carbocycles. The molecule has 1 heterocycles. The van der Waals surface area contributed by atoms with Gasteiger partial charge >= 0.3 is 5.97 Å². The van der Waals surface area contributed by atoms with Gasteiger partial charge in [0.05, 0.1) is 12.2 Å². The normalized spacial score (nSPS) is 14.3. The largest absolute Gasteiger partial charge is 0.490 e. The molecule has 1 aliphatic rings. The Balaban J connectivity index is 1.56. The van der Waals surface area contributed by atoms with E-state index in [2.05, 4.69) is 0 Å². The van der Waals surface area contributed by atoms with Crippen molar-refractivity contribution in [1.82, 2.24) is 0 Å². The first-order valence-corrected chi connectivity index (χ1v) is 10.3. The van der Waals surface area contributed by atoms with Gasteiger partial charge in [-0.1, -0.05) is 66.2 Å². The molecule has 0 amide bonds. The molecule has 0 radical (unpaired) electrons. The minimum Gasteiger partial charge on any atom is -0.490 e. The number of aryl methyl sites for hydroxylation is 1. The van der Waals surface area contributed by atoms with E-state index in [9.17, 15) is 4.79 Å². The Morgan fingerprint density at radius 1 is 0.903 bits per heavy atom. The predicted molar refractivity (Wildman–Crippen MR) is 122 cm³/mol. The van der Waals surface area contributed by atoms with Crippen LogP contribution in [0.3, 0.4) is 0 Å². The van der Waals surface area contributed by atoms with Gasteiger partial charge < -0.3 is 14.2 Å². The molecule has 0 spiro atoms. The van der Waals surface area contributed by atoms with E-state index in [4.69, 9.17) is 14.2 Å². The van der Waals surface area contributed by atoms with Gasteiger partial charge in [-0.3, -0.25) is 0 Å². The molecule has 0 atom stereocenters. The van der Waals surface area contributed by atoms with Crippen LogP contribution in [0.15, 0.2) is 84.4 Å². The average molecular weight is 412 g/mol. The molecule has 4 heteroatoms. The number of benzene rings is 3. The second-order valence-corrected chi connectivity index (χ2v) is 7.28. The molecule has 0 saturated heterocycles. The van der Waals surface area contributed by atoms with Crippen LogP contribution in [0.4, 0.5) is 0 Å². The Bertz CT molecular complexity index is 1130. The maximum Gasteiger partial charge on any atom is 0.343 e. The summed E-state index contributed by atoms with van der Waals surface area (Å²) in [7, 11) is 0. The molecule has 0 fully saturated rings. The van der Waals surface area contributed by atoms with Crippen LogP contribution < -0.4 is 9.47 Å². The second-order valence-electron chi connectivity index (χ2n) is 7.28. The lowest BCUT2D eigenvalue weighted by molar-refractivity contribution is -0.130. The van der Waals surface area contributed by atoms with Crippen molar-refractivity contribution in [2.45, 2.75) is 20.5 Å². The summed E-state index contributed by atoms with van der Waals surface area (Å²) in [5.74, 6) is 1.50. The lowest BCUT2D eigenvalue weighted by atomic mass is 10.1. The highest BCUT2D eigenvalue weighted by Gasteiger charge is 2.22. The SMILES string of the molecule is CCOc1cc(/C=C2/C=C(c3ccc(C)cc3)OC2=O)ccc1OCc1ccccc1. The molecule has 3 aromatic rings. The van der Waals surface area contributed by atoms with E-state index in [0.29, 0.717) is 36.0 Å². The van der Waals surface area contributed by atoms with Gasteiger partial charge in [0, 0.05) is 5.56 Å². The van der Waals surface area contributed by atoms with Gasteiger partial charge in [0.2, 0.25) is 0 Å². The van der Waals surface area contributed by atoms with Gasteiger partial charge in [-0.2, -0.15) is 0 Å². The summed E-state index contributed by atoms with van der Waals surface area (Å²) in [6.45, 7) is 4.92. The monoisotopic (exact) mass is 412 g/mol. The quantitative estimate of drug-likeness (QED) is 0.355. The standard InChI is InChI=1S/C27H24O4/c1-3-29-26-16-21(11-14-24(26)30-18-20-7-5-4-6-8-20)15-23-17-25(31-27(23)28)22-12-9-19(2)10-13-22/h4-17H,3,18H2,1-2H3/b23-15-. The third-order valence-electron chi connectivity index (χ3n) is 4.89. The number of esters is 1. The molecule has 4 rings (SSSR count). The number of rotatable bonds is 7. The van der Waals surface area contributed by atoms with Gasteiger partial charge in [0.1, 0.15) is 12.4 Å². The van der Waals surface area contributed by atoms with Crippen molar-refractivity contribution in [3.8, 4) is 11.5 Å². The molecular formula is C27H24O4. The molecule has 4 nitrogen and oxygen atoms in total. The van der Waals surface area contributed by atoms with Crippen molar-refractivity contribution in [3.05, 3.63) is 107 Å². The zero-order chi connectivity index (χ0) is 21.6. The summed E-state index contributed by atoms with van der Waals surface area (Å²) in [6, 6.07) is 23.5. The smallest absolute Gasteiger partial charge is 0.343 e. The Morgan fingerprint density at radius 2 is 1.68 bits per heavy atom. The number of carbonyl (C=O) groups is 1. The minimum atomic E-state index is -0.363. The van der Waals surface area contributed by atoms with Crippen LogP contribution in [0.25, 0.3) is 11.8 Å². The van der Waals surface area contributed by atoms with E-state index in [1.807, 2.05) is 86.6 Å². The Kier molecular flexibility index (Phi) is 6.18. The average Bonchev–Trinajstić information content (AvgIpc) is 3.15. The summed E-state index contributed by atoms with van der Waals surface area (Å²) >= 11 is 0. The van der Waals surface area contributed by atoms with Crippen LogP contribution in [-0.4, -0.2) is 12.6 Å². The molecular weight excluding hydrogens is 388 g/mol. The van der Waals surface area contributed by atoms with Gasteiger partial charge in [-0.25, -0.2) is 4.79 Å². The molecule has 1 aliphatic heterocycles. The van der Waals surface area contributed by atoms with Crippen LogP contribution >= 0.6 is 0 Å². The molecule has 156 valence electrons. The molecule has 0 N–H and O–H groups in total.